The summed E-state index contributed by atoms with van der Waals surface area (Å²) in [5, 5.41) is 3.03. The van der Waals surface area contributed by atoms with Crippen molar-refractivity contribution in [3.63, 3.8) is 0 Å². The number of benzene rings is 3. The van der Waals surface area contributed by atoms with E-state index in [0.29, 0.717) is 11.5 Å². The van der Waals surface area contributed by atoms with E-state index in [4.69, 9.17) is 24.0 Å². The number of aromatic nitrogens is 3. The van der Waals surface area contributed by atoms with Gasteiger partial charge in [-0.25, -0.2) is 0 Å². The van der Waals surface area contributed by atoms with Crippen molar-refractivity contribution < 1.29 is 9.15 Å². The van der Waals surface area contributed by atoms with Gasteiger partial charge in [-0.1, -0.05) is 20.8 Å². The molecule has 0 fully saturated rings. The zero-order chi connectivity index (χ0) is 29.2. The molecule has 0 unspecified atom stereocenters. The van der Waals surface area contributed by atoms with E-state index in [0.717, 1.165) is 55.3 Å². The summed E-state index contributed by atoms with van der Waals surface area (Å²) in [5.74, 6) is 1.36. The van der Waals surface area contributed by atoms with E-state index in [-0.39, 0.29) is 10.8 Å². The third kappa shape index (κ3) is 4.52. The van der Waals surface area contributed by atoms with Gasteiger partial charge in [0.05, 0.1) is 0 Å². The summed E-state index contributed by atoms with van der Waals surface area (Å²) in [7, 11) is 1.89. The Kier molecular flexibility index (Phi) is 5.95. The molecule has 0 saturated heterocycles. The SMILES string of the molecule is CC(C)(C)c1ccc(-c2cccc(Oc3cc(-c4cc(C(C)(C)C)ccn4)c4oc5cccc6bnc3c4c65)c2)nc1. The summed E-state index contributed by atoms with van der Waals surface area (Å²) in [6, 6.07) is 24.6. The average molecular weight is 549 g/mol. The van der Waals surface area contributed by atoms with Gasteiger partial charge in [0.1, 0.15) is 0 Å². The molecule has 0 radical (unpaired) electrons. The maximum atomic E-state index is 6.64. The Hall–Kier alpha value is -4.58. The molecule has 7 aromatic rings. The predicted octanol–water partition coefficient (Wildman–Crippen LogP) is 9.42. The van der Waals surface area contributed by atoms with Crippen LogP contribution in [-0.4, -0.2) is 21.9 Å². The fraction of sp³-hybridized carbons (Fsp3) is 0.222. The van der Waals surface area contributed by atoms with Crippen LogP contribution < -0.4 is 4.74 Å². The molecule has 3 aromatic carbocycles. The molecule has 4 aromatic heterocycles. The summed E-state index contributed by atoms with van der Waals surface area (Å²) >= 11 is 0. The second-order valence-corrected chi connectivity index (χ2v) is 13.0. The fourth-order valence-corrected chi connectivity index (χ4v) is 5.52. The number of ether oxygens (including phenoxy) is 1. The van der Waals surface area contributed by atoms with E-state index in [1.54, 1.807) is 0 Å². The number of hydrogen-bond donors (Lipinski definition) is 0. The van der Waals surface area contributed by atoms with Crippen molar-refractivity contribution in [1.29, 1.82) is 0 Å². The first-order valence-electron chi connectivity index (χ1n) is 14.3. The Morgan fingerprint density at radius 2 is 1.55 bits per heavy atom. The van der Waals surface area contributed by atoms with Crippen molar-refractivity contribution in [2.24, 2.45) is 0 Å². The second kappa shape index (κ2) is 9.48. The van der Waals surface area contributed by atoms with Crippen LogP contribution in [0, 0.1) is 0 Å². The Labute approximate surface area is 246 Å². The van der Waals surface area contributed by atoms with Gasteiger partial charge in [0, 0.05) is 0 Å². The van der Waals surface area contributed by atoms with Crippen LogP contribution in [0.4, 0.5) is 0 Å². The Morgan fingerprint density at radius 3 is 2.31 bits per heavy atom. The van der Waals surface area contributed by atoms with Crippen LogP contribution in [0.25, 0.3) is 55.3 Å². The summed E-state index contributed by atoms with van der Waals surface area (Å²) in [5.41, 5.74) is 8.39. The summed E-state index contributed by atoms with van der Waals surface area (Å²) in [6.07, 6.45) is 3.83. The molecule has 0 aliphatic heterocycles. The molecular weight excluding hydrogens is 517 g/mol. The van der Waals surface area contributed by atoms with Crippen LogP contribution in [0.3, 0.4) is 0 Å². The zero-order valence-electron chi connectivity index (χ0n) is 24.8. The topological polar surface area (TPSA) is 61.0 Å². The van der Waals surface area contributed by atoms with E-state index in [2.05, 4.69) is 77.9 Å². The normalized spacial score (nSPS) is 12.4. The van der Waals surface area contributed by atoms with Crippen molar-refractivity contribution in [2.75, 3.05) is 0 Å². The van der Waals surface area contributed by atoms with Crippen LogP contribution in [0.5, 0.6) is 11.5 Å². The minimum atomic E-state index is -0.0214. The van der Waals surface area contributed by atoms with Crippen LogP contribution in [0.15, 0.2) is 89.6 Å². The first-order valence-corrected chi connectivity index (χ1v) is 14.3. The standard InChI is InChI=1S/C36H32BN3O2/c1-35(2,3)22-15-16-38-28(18-22)25-19-30(33-32-31-26(37-40-33)11-8-12-29(31)42-34(25)32)41-24-10-7-9-21(17-24)27-14-13-23(20-39-27)36(4,5)6/h7-20H,1-6H3. The summed E-state index contributed by atoms with van der Waals surface area (Å²) in [4.78, 5) is 14.4. The van der Waals surface area contributed by atoms with Crippen molar-refractivity contribution >= 4 is 39.8 Å². The van der Waals surface area contributed by atoms with Gasteiger partial charge in [-0.15, -0.1) is 0 Å². The molecule has 0 amide bonds. The number of pyridine rings is 2. The first kappa shape index (κ1) is 26.3. The molecule has 0 atom stereocenters. The summed E-state index contributed by atoms with van der Waals surface area (Å²) < 4.78 is 13.1. The van der Waals surface area contributed by atoms with Gasteiger partial charge < -0.3 is 0 Å². The van der Waals surface area contributed by atoms with E-state index in [1.165, 1.54) is 11.1 Å². The quantitative estimate of drug-likeness (QED) is 0.205. The average Bonchev–Trinajstić information content (AvgIpc) is 3.37. The molecule has 0 aliphatic rings. The third-order valence-corrected chi connectivity index (χ3v) is 7.96. The van der Waals surface area contributed by atoms with E-state index in [9.17, 15) is 0 Å². The molecule has 5 nitrogen and oxygen atoms in total. The molecule has 7 rings (SSSR count). The van der Waals surface area contributed by atoms with Gasteiger partial charge >= 0.3 is 226 Å². The summed E-state index contributed by atoms with van der Waals surface area (Å²) in [6.45, 7) is 13.2. The molecule has 0 spiro atoms. The molecule has 4 heterocycles. The molecule has 0 N–H and O–H groups in total. The molecular formula is C36H32BN3O2. The Morgan fingerprint density at radius 1 is 0.738 bits per heavy atom. The minimum absolute atomic E-state index is 0.0214. The van der Waals surface area contributed by atoms with Crippen LogP contribution >= 0.6 is 0 Å². The first-order chi connectivity index (χ1) is 20.1. The third-order valence-electron chi connectivity index (χ3n) is 7.96. The molecule has 0 bridgehead atoms. The van der Waals surface area contributed by atoms with Gasteiger partial charge in [-0.3, -0.25) is 0 Å². The van der Waals surface area contributed by atoms with Gasteiger partial charge in [0.2, 0.25) is 0 Å². The van der Waals surface area contributed by atoms with E-state index >= 15 is 0 Å². The fourth-order valence-electron chi connectivity index (χ4n) is 5.52. The van der Waals surface area contributed by atoms with Gasteiger partial charge in [-0.05, 0) is 0 Å². The molecule has 206 valence electrons. The van der Waals surface area contributed by atoms with Gasteiger partial charge in [0.25, 0.3) is 0 Å². The van der Waals surface area contributed by atoms with Crippen molar-refractivity contribution in [1.82, 2.24) is 14.9 Å². The van der Waals surface area contributed by atoms with Crippen LogP contribution in [-0.2, 0) is 10.8 Å². The zero-order valence-corrected chi connectivity index (χ0v) is 24.8. The van der Waals surface area contributed by atoms with Gasteiger partial charge in [0.15, 0.2) is 0 Å². The van der Waals surface area contributed by atoms with Crippen molar-refractivity contribution in [3.05, 3.63) is 96.3 Å². The van der Waals surface area contributed by atoms with Crippen LogP contribution in [0.2, 0.25) is 0 Å². The Balaban J connectivity index is 1.38. The van der Waals surface area contributed by atoms with Crippen molar-refractivity contribution in [2.45, 2.75) is 52.4 Å². The maximum absolute atomic E-state index is 6.64. The molecule has 0 saturated carbocycles. The predicted molar refractivity (Wildman–Crippen MR) is 172 cm³/mol. The number of rotatable bonds is 4. The van der Waals surface area contributed by atoms with Crippen LogP contribution in [0.1, 0.15) is 52.7 Å². The number of hydrogen-bond acceptors (Lipinski definition) is 5. The monoisotopic (exact) mass is 549 g/mol. The molecule has 6 heteroatoms. The Bertz CT molecular complexity index is 2080. The second-order valence-electron chi connectivity index (χ2n) is 13.0. The van der Waals surface area contributed by atoms with Gasteiger partial charge in [-0.2, -0.15) is 0 Å². The number of nitrogens with zero attached hydrogens (tertiary/aromatic N) is 3. The van der Waals surface area contributed by atoms with E-state index < -0.39 is 0 Å². The molecule has 42 heavy (non-hydrogen) atoms. The molecule has 0 aliphatic carbocycles. The van der Waals surface area contributed by atoms with Crippen molar-refractivity contribution in [3.8, 4) is 34.0 Å². The van der Waals surface area contributed by atoms with E-state index in [1.807, 2.05) is 55.8 Å². The number of furan rings is 1.